The lowest BCUT2D eigenvalue weighted by Crippen LogP contribution is -2.31. The second-order valence-corrected chi connectivity index (χ2v) is 10.3. The summed E-state index contributed by atoms with van der Waals surface area (Å²) in [5, 5.41) is 5.16. The van der Waals surface area contributed by atoms with Crippen LogP contribution in [-0.2, 0) is 4.74 Å². The number of allylic oxidation sites excluding steroid dienone is 5. The Kier molecular flexibility index (Phi) is 8.36. The first-order valence-corrected chi connectivity index (χ1v) is 12.8. The number of alkyl halides is 1. The largest absolute Gasteiger partial charge is 0.496 e. The zero-order chi connectivity index (χ0) is 21.6. The highest BCUT2D eigenvalue weighted by Crippen LogP contribution is 2.41. The third-order valence-corrected chi connectivity index (χ3v) is 7.27. The Labute approximate surface area is 204 Å². The van der Waals surface area contributed by atoms with Gasteiger partial charge in [0.1, 0.15) is 5.76 Å². The Bertz CT molecular complexity index is 895. The number of halogens is 3. The van der Waals surface area contributed by atoms with E-state index in [-0.39, 0.29) is 17.3 Å². The van der Waals surface area contributed by atoms with Crippen molar-refractivity contribution in [2.24, 2.45) is 5.92 Å². The lowest BCUT2D eigenvalue weighted by molar-refractivity contribution is 0.178. The molecule has 1 aliphatic heterocycles. The van der Waals surface area contributed by atoms with Gasteiger partial charge in [-0.05, 0) is 67.1 Å². The highest BCUT2D eigenvalue weighted by atomic mass is 35.5. The minimum absolute atomic E-state index is 0.0563. The fourth-order valence-electron chi connectivity index (χ4n) is 4.06. The predicted molar refractivity (Wildman–Crippen MR) is 133 cm³/mol. The summed E-state index contributed by atoms with van der Waals surface area (Å²) in [6, 6.07) is 8.00. The van der Waals surface area contributed by atoms with Crippen LogP contribution < -0.4 is 10.0 Å². The van der Waals surface area contributed by atoms with E-state index >= 15 is 0 Å². The van der Waals surface area contributed by atoms with Crippen molar-refractivity contribution < 1.29 is 4.74 Å². The number of nitrogens with one attached hydrogen (secondary N) is 2. The van der Waals surface area contributed by atoms with Gasteiger partial charge in [0.15, 0.2) is 0 Å². The van der Waals surface area contributed by atoms with Gasteiger partial charge in [0.05, 0.1) is 18.0 Å². The van der Waals surface area contributed by atoms with Crippen LogP contribution in [0.5, 0.6) is 0 Å². The summed E-state index contributed by atoms with van der Waals surface area (Å²) in [5.74, 6) is 1.13. The SMILES string of the molecule is ClC1=CC2C3=CC(Cl)CC=C3NC2C(OCCCCCCNSc2ccc(Cl)cc2)=C1. The normalized spacial score (nSPS) is 24.3. The molecule has 166 valence electrons. The summed E-state index contributed by atoms with van der Waals surface area (Å²) in [7, 11) is 0. The molecule has 0 aromatic heterocycles. The van der Waals surface area contributed by atoms with Crippen LogP contribution in [0.2, 0.25) is 5.02 Å². The Morgan fingerprint density at radius 1 is 1.06 bits per heavy atom. The molecule has 1 heterocycles. The Hall–Kier alpha value is -1.04. The first-order chi connectivity index (χ1) is 15.1. The van der Waals surface area contributed by atoms with Crippen molar-refractivity contribution in [2.45, 2.75) is 48.4 Å². The van der Waals surface area contributed by atoms with Crippen LogP contribution in [0.15, 0.2) is 75.5 Å². The predicted octanol–water partition coefficient (Wildman–Crippen LogP) is 6.94. The number of hydrogen-bond acceptors (Lipinski definition) is 4. The maximum atomic E-state index is 6.39. The van der Waals surface area contributed by atoms with E-state index in [1.165, 1.54) is 22.6 Å². The Balaban J connectivity index is 1.13. The van der Waals surface area contributed by atoms with E-state index in [0.717, 1.165) is 48.0 Å². The van der Waals surface area contributed by atoms with Gasteiger partial charge in [-0.25, -0.2) is 0 Å². The highest BCUT2D eigenvalue weighted by Gasteiger charge is 2.40. The lowest BCUT2D eigenvalue weighted by Gasteiger charge is -2.24. The third-order valence-electron chi connectivity index (χ3n) is 5.62. The van der Waals surface area contributed by atoms with E-state index in [1.54, 1.807) is 11.9 Å². The third kappa shape index (κ3) is 6.27. The van der Waals surface area contributed by atoms with Crippen LogP contribution in [-0.4, -0.2) is 24.6 Å². The molecule has 31 heavy (non-hydrogen) atoms. The maximum Gasteiger partial charge on any atom is 0.121 e. The van der Waals surface area contributed by atoms with Gasteiger partial charge in [-0.15, -0.1) is 11.6 Å². The monoisotopic (exact) mass is 496 g/mol. The zero-order valence-corrected chi connectivity index (χ0v) is 20.3. The zero-order valence-electron chi connectivity index (χ0n) is 17.3. The van der Waals surface area contributed by atoms with Crippen molar-refractivity contribution in [3.63, 3.8) is 0 Å². The van der Waals surface area contributed by atoms with E-state index in [0.29, 0.717) is 6.61 Å². The van der Waals surface area contributed by atoms with Crippen molar-refractivity contribution in [2.75, 3.05) is 13.2 Å². The number of hydrogen-bond donors (Lipinski definition) is 2. The second-order valence-electron chi connectivity index (χ2n) is 7.95. The first-order valence-electron chi connectivity index (χ1n) is 10.8. The van der Waals surface area contributed by atoms with Crippen LogP contribution in [0.1, 0.15) is 32.1 Å². The number of fused-ring (bicyclic) bond motifs is 3. The topological polar surface area (TPSA) is 33.3 Å². The molecular weight excluding hydrogens is 471 g/mol. The summed E-state index contributed by atoms with van der Waals surface area (Å²) >= 11 is 20.3. The van der Waals surface area contributed by atoms with Crippen LogP contribution in [0, 0.1) is 5.92 Å². The van der Waals surface area contributed by atoms with Gasteiger partial charge in [-0.2, -0.15) is 0 Å². The van der Waals surface area contributed by atoms with Gasteiger partial charge < -0.3 is 10.1 Å². The van der Waals surface area contributed by atoms with E-state index in [2.05, 4.69) is 28.3 Å². The molecule has 1 saturated heterocycles. The van der Waals surface area contributed by atoms with Crippen molar-refractivity contribution in [1.82, 2.24) is 10.0 Å². The van der Waals surface area contributed by atoms with Crippen molar-refractivity contribution in [3.05, 3.63) is 75.7 Å². The molecule has 4 rings (SSSR count). The average Bonchev–Trinajstić information content (AvgIpc) is 3.11. The van der Waals surface area contributed by atoms with Gasteiger partial charge in [0.25, 0.3) is 0 Å². The van der Waals surface area contributed by atoms with Gasteiger partial charge >= 0.3 is 0 Å². The van der Waals surface area contributed by atoms with Gasteiger partial charge in [-0.3, -0.25) is 4.72 Å². The van der Waals surface area contributed by atoms with E-state index in [4.69, 9.17) is 39.5 Å². The fourth-order valence-corrected chi connectivity index (χ4v) is 5.34. The van der Waals surface area contributed by atoms with E-state index < -0.39 is 0 Å². The van der Waals surface area contributed by atoms with E-state index in [1.807, 2.05) is 30.3 Å². The average molecular weight is 498 g/mol. The molecule has 7 heteroatoms. The molecule has 0 saturated carbocycles. The molecule has 1 aromatic rings. The minimum atomic E-state index is 0.0563. The molecule has 3 atom stereocenters. The van der Waals surface area contributed by atoms with Gasteiger partial charge in [0.2, 0.25) is 0 Å². The number of rotatable bonds is 10. The van der Waals surface area contributed by atoms with Crippen LogP contribution in [0.3, 0.4) is 0 Å². The molecule has 0 amide bonds. The Morgan fingerprint density at radius 3 is 2.71 bits per heavy atom. The van der Waals surface area contributed by atoms with Crippen LogP contribution in [0.25, 0.3) is 0 Å². The molecule has 0 spiro atoms. The molecule has 1 fully saturated rings. The van der Waals surface area contributed by atoms with Crippen molar-refractivity contribution in [1.29, 1.82) is 0 Å². The smallest absolute Gasteiger partial charge is 0.121 e. The lowest BCUT2D eigenvalue weighted by atomic mass is 9.88. The standard InChI is InChI=1S/C24H27Cl3N2OS/c25-16-5-8-19(9-6-16)31-28-11-3-1-2-4-12-30-23-15-18(27)14-21-20-13-17(26)7-10-22(20)29-24(21)23/h5-6,8-10,13-15,17,21,24,28-29H,1-4,7,11-12H2. The number of unbranched alkanes of at least 4 members (excludes halogenated alkanes) is 3. The first kappa shape index (κ1) is 23.1. The molecule has 0 radical (unpaired) electrons. The van der Waals surface area contributed by atoms with Gasteiger partial charge in [0, 0.05) is 33.1 Å². The summed E-state index contributed by atoms with van der Waals surface area (Å²) < 4.78 is 9.56. The van der Waals surface area contributed by atoms with Gasteiger partial charge in [-0.1, -0.05) is 54.3 Å². The molecule has 3 nitrogen and oxygen atoms in total. The quantitative estimate of drug-likeness (QED) is 0.208. The van der Waals surface area contributed by atoms with Crippen LogP contribution in [0.4, 0.5) is 0 Å². The summed E-state index contributed by atoms with van der Waals surface area (Å²) in [6.45, 7) is 1.70. The Morgan fingerprint density at radius 2 is 1.87 bits per heavy atom. The molecule has 2 N–H and O–H groups in total. The van der Waals surface area contributed by atoms with Crippen LogP contribution >= 0.6 is 46.8 Å². The molecule has 3 aliphatic rings. The van der Waals surface area contributed by atoms with Crippen molar-refractivity contribution >= 4 is 46.8 Å². The summed E-state index contributed by atoms with van der Waals surface area (Å²) in [6.07, 6.45) is 13.8. The molecule has 2 aliphatic carbocycles. The molecule has 1 aromatic carbocycles. The number of benzene rings is 1. The van der Waals surface area contributed by atoms with E-state index in [9.17, 15) is 0 Å². The maximum absolute atomic E-state index is 6.39. The summed E-state index contributed by atoms with van der Waals surface area (Å²) in [5.41, 5.74) is 2.42. The second kappa shape index (κ2) is 11.2. The number of ether oxygens (including phenoxy) is 1. The minimum Gasteiger partial charge on any atom is -0.496 e. The molecular formula is C24H27Cl3N2OS. The molecule has 3 unspecified atom stereocenters. The van der Waals surface area contributed by atoms with Crippen molar-refractivity contribution in [3.8, 4) is 0 Å². The fraction of sp³-hybridized carbons (Fsp3) is 0.417. The molecule has 0 bridgehead atoms. The summed E-state index contributed by atoms with van der Waals surface area (Å²) in [4.78, 5) is 1.18. The highest BCUT2D eigenvalue weighted by molar-refractivity contribution is 7.97.